The molecular weight excluding hydrogens is 241 g/mol. The summed E-state index contributed by atoms with van der Waals surface area (Å²) in [6.45, 7) is 9.30. The average molecular weight is 265 g/mol. The predicted molar refractivity (Wildman–Crippen MR) is 76.3 cm³/mol. The summed E-state index contributed by atoms with van der Waals surface area (Å²) < 4.78 is 13.4. The summed E-state index contributed by atoms with van der Waals surface area (Å²) in [5, 5.41) is 2.92. The van der Waals surface area contributed by atoms with Crippen LogP contribution in [-0.4, -0.2) is 12.5 Å². The Hall–Kier alpha value is -1.38. The number of nitrogens with one attached hydrogen (secondary N) is 1. The van der Waals surface area contributed by atoms with Gasteiger partial charge in [0, 0.05) is 6.54 Å². The molecule has 1 rings (SSSR count). The quantitative estimate of drug-likeness (QED) is 0.839. The largest absolute Gasteiger partial charge is 0.356 e. The molecule has 1 aromatic rings. The molecule has 0 saturated heterocycles. The van der Waals surface area contributed by atoms with Crippen LogP contribution in [0.2, 0.25) is 0 Å². The van der Waals surface area contributed by atoms with Crippen LogP contribution in [0.5, 0.6) is 0 Å². The Morgan fingerprint density at radius 2 is 1.74 bits per heavy atom. The molecule has 0 aromatic heterocycles. The normalized spacial score (nSPS) is 11.4. The highest BCUT2D eigenvalue weighted by molar-refractivity contribution is 5.78. The molecule has 2 nitrogen and oxygen atoms in total. The maximum atomic E-state index is 13.4. The second kappa shape index (κ2) is 7.27. The lowest BCUT2D eigenvalue weighted by Crippen LogP contribution is -2.34. The van der Waals surface area contributed by atoms with E-state index in [1.807, 2.05) is 0 Å². The van der Waals surface area contributed by atoms with E-state index in [0.717, 1.165) is 0 Å². The fraction of sp³-hybridized carbons (Fsp3) is 0.562. The van der Waals surface area contributed by atoms with Crippen molar-refractivity contribution >= 4 is 5.91 Å². The standard InChI is InChI=1S/C16H24FNO/c1-11(2)14(12(3)4)10-18-16(19)9-13-7-5-6-8-15(13)17/h5-8,11-12,14H,9-10H2,1-4H3,(H,18,19). The van der Waals surface area contributed by atoms with Crippen molar-refractivity contribution < 1.29 is 9.18 Å². The van der Waals surface area contributed by atoms with E-state index in [0.29, 0.717) is 29.9 Å². The molecule has 19 heavy (non-hydrogen) atoms. The van der Waals surface area contributed by atoms with Crippen LogP contribution in [0.15, 0.2) is 24.3 Å². The maximum Gasteiger partial charge on any atom is 0.224 e. The summed E-state index contributed by atoms with van der Waals surface area (Å²) in [5.74, 6) is 1.06. The SMILES string of the molecule is CC(C)C(CNC(=O)Cc1ccccc1F)C(C)C. The third kappa shape index (κ3) is 5.01. The van der Waals surface area contributed by atoms with Crippen molar-refractivity contribution in [3.05, 3.63) is 35.6 Å². The Kier molecular flexibility index (Phi) is 6.00. The van der Waals surface area contributed by atoms with E-state index in [4.69, 9.17) is 0 Å². The van der Waals surface area contributed by atoms with Crippen LogP contribution in [0.1, 0.15) is 33.3 Å². The number of rotatable bonds is 6. The first-order chi connectivity index (χ1) is 8.91. The maximum absolute atomic E-state index is 13.4. The van der Waals surface area contributed by atoms with Gasteiger partial charge in [-0.2, -0.15) is 0 Å². The summed E-state index contributed by atoms with van der Waals surface area (Å²) in [6.07, 6.45) is 0.107. The van der Waals surface area contributed by atoms with Gasteiger partial charge in [0.1, 0.15) is 5.82 Å². The van der Waals surface area contributed by atoms with Gasteiger partial charge in [-0.1, -0.05) is 45.9 Å². The van der Waals surface area contributed by atoms with Crippen molar-refractivity contribution in [2.45, 2.75) is 34.1 Å². The van der Waals surface area contributed by atoms with Crippen molar-refractivity contribution in [2.24, 2.45) is 17.8 Å². The monoisotopic (exact) mass is 265 g/mol. The van der Waals surface area contributed by atoms with Gasteiger partial charge in [-0.25, -0.2) is 4.39 Å². The van der Waals surface area contributed by atoms with Gasteiger partial charge in [-0.15, -0.1) is 0 Å². The zero-order valence-electron chi connectivity index (χ0n) is 12.2. The molecule has 0 aliphatic carbocycles. The minimum Gasteiger partial charge on any atom is -0.356 e. The van der Waals surface area contributed by atoms with Gasteiger partial charge in [0.25, 0.3) is 0 Å². The summed E-state index contributed by atoms with van der Waals surface area (Å²) in [7, 11) is 0. The molecule has 1 aromatic carbocycles. The highest BCUT2D eigenvalue weighted by Crippen LogP contribution is 2.19. The van der Waals surface area contributed by atoms with Crippen LogP contribution in [0.3, 0.4) is 0 Å². The van der Waals surface area contributed by atoms with Crippen LogP contribution in [-0.2, 0) is 11.2 Å². The fourth-order valence-corrected chi connectivity index (χ4v) is 2.35. The molecule has 0 bridgehead atoms. The second-order valence-corrected chi connectivity index (χ2v) is 5.72. The van der Waals surface area contributed by atoms with Gasteiger partial charge >= 0.3 is 0 Å². The first-order valence-corrected chi connectivity index (χ1v) is 6.92. The van der Waals surface area contributed by atoms with Crippen molar-refractivity contribution in [1.29, 1.82) is 0 Å². The smallest absolute Gasteiger partial charge is 0.224 e. The molecule has 0 spiro atoms. The minimum absolute atomic E-state index is 0.107. The zero-order chi connectivity index (χ0) is 14.4. The molecule has 0 unspecified atom stereocenters. The first kappa shape index (κ1) is 15.7. The van der Waals surface area contributed by atoms with Gasteiger partial charge in [0.05, 0.1) is 6.42 Å². The molecule has 0 aliphatic heterocycles. The Morgan fingerprint density at radius 1 is 1.16 bits per heavy atom. The second-order valence-electron chi connectivity index (χ2n) is 5.72. The van der Waals surface area contributed by atoms with Crippen molar-refractivity contribution in [1.82, 2.24) is 5.32 Å². The molecule has 0 aliphatic rings. The van der Waals surface area contributed by atoms with E-state index in [2.05, 4.69) is 33.0 Å². The number of hydrogen-bond acceptors (Lipinski definition) is 1. The van der Waals surface area contributed by atoms with E-state index in [1.54, 1.807) is 18.2 Å². The van der Waals surface area contributed by atoms with Crippen LogP contribution >= 0.6 is 0 Å². The van der Waals surface area contributed by atoms with Gasteiger partial charge in [0.2, 0.25) is 5.91 Å². The lowest BCUT2D eigenvalue weighted by atomic mass is 9.85. The van der Waals surface area contributed by atoms with E-state index < -0.39 is 0 Å². The molecule has 0 atom stereocenters. The Balaban J connectivity index is 2.50. The number of halogens is 1. The molecule has 0 radical (unpaired) electrons. The van der Waals surface area contributed by atoms with Crippen LogP contribution in [0, 0.1) is 23.6 Å². The minimum atomic E-state index is -0.318. The van der Waals surface area contributed by atoms with Crippen LogP contribution < -0.4 is 5.32 Å². The average Bonchev–Trinajstić information content (AvgIpc) is 2.31. The molecular formula is C16H24FNO. The number of carbonyl (C=O) groups is 1. The van der Waals surface area contributed by atoms with Crippen LogP contribution in [0.4, 0.5) is 4.39 Å². The fourth-order valence-electron chi connectivity index (χ4n) is 2.35. The molecule has 3 heteroatoms. The van der Waals surface area contributed by atoms with E-state index in [-0.39, 0.29) is 18.1 Å². The molecule has 0 fully saturated rings. The molecule has 106 valence electrons. The molecule has 0 saturated carbocycles. The number of benzene rings is 1. The van der Waals surface area contributed by atoms with Crippen molar-refractivity contribution in [3.63, 3.8) is 0 Å². The van der Waals surface area contributed by atoms with Gasteiger partial charge in [-0.3, -0.25) is 4.79 Å². The zero-order valence-corrected chi connectivity index (χ0v) is 12.2. The Labute approximate surface area is 115 Å². The summed E-state index contributed by atoms with van der Waals surface area (Å²) in [4.78, 5) is 11.8. The van der Waals surface area contributed by atoms with Crippen molar-refractivity contribution in [3.8, 4) is 0 Å². The highest BCUT2D eigenvalue weighted by Gasteiger charge is 2.18. The van der Waals surface area contributed by atoms with E-state index in [1.165, 1.54) is 6.07 Å². The third-order valence-electron chi connectivity index (χ3n) is 3.56. The molecule has 1 amide bonds. The summed E-state index contributed by atoms with van der Waals surface area (Å²) >= 11 is 0. The van der Waals surface area contributed by atoms with Crippen molar-refractivity contribution in [2.75, 3.05) is 6.54 Å². The number of hydrogen-bond donors (Lipinski definition) is 1. The highest BCUT2D eigenvalue weighted by atomic mass is 19.1. The van der Waals surface area contributed by atoms with Gasteiger partial charge < -0.3 is 5.32 Å². The lowest BCUT2D eigenvalue weighted by Gasteiger charge is -2.25. The predicted octanol–water partition coefficient (Wildman–Crippen LogP) is 3.41. The Morgan fingerprint density at radius 3 is 2.26 bits per heavy atom. The topological polar surface area (TPSA) is 29.1 Å². The summed E-state index contributed by atoms with van der Waals surface area (Å²) in [5.41, 5.74) is 0.450. The third-order valence-corrected chi connectivity index (χ3v) is 3.56. The summed E-state index contributed by atoms with van der Waals surface area (Å²) in [6, 6.07) is 6.41. The van der Waals surface area contributed by atoms with Gasteiger partial charge in [-0.05, 0) is 29.4 Å². The molecule has 1 N–H and O–H groups in total. The first-order valence-electron chi connectivity index (χ1n) is 6.92. The number of carbonyl (C=O) groups excluding carboxylic acids is 1. The number of amides is 1. The van der Waals surface area contributed by atoms with Crippen LogP contribution in [0.25, 0.3) is 0 Å². The lowest BCUT2D eigenvalue weighted by molar-refractivity contribution is -0.120. The van der Waals surface area contributed by atoms with Gasteiger partial charge in [0.15, 0.2) is 0 Å². The molecule has 0 heterocycles. The van der Waals surface area contributed by atoms with E-state index in [9.17, 15) is 9.18 Å². The Bertz CT molecular complexity index is 407. The van der Waals surface area contributed by atoms with E-state index >= 15 is 0 Å².